The van der Waals surface area contributed by atoms with Gasteiger partial charge in [0, 0.05) is 42.8 Å². The van der Waals surface area contributed by atoms with E-state index >= 15 is 0 Å². The second kappa shape index (κ2) is 11.9. The molecule has 0 saturated carbocycles. The molecule has 1 aliphatic rings. The van der Waals surface area contributed by atoms with E-state index < -0.39 is 5.97 Å². The Morgan fingerprint density at radius 2 is 1.52 bits per heavy atom. The van der Waals surface area contributed by atoms with Crippen molar-refractivity contribution in [1.82, 2.24) is 9.88 Å². The zero-order valence-corrected chi connectivity index (χ0v) is 22.8. The minimum absolute atomic E-state index is 0.221. The molecule has 1 aliphatic heterocycles. The Morgan fingerprint density at radius 1 is 0.800 bits per heavy atom. The summed E-state index contributed by atoms with van der Waals surface area (Å²) in [7, 11) is 4.77. The van der Waals surface area contributed by atoms with Gasteiger partial charge in [0.05, 0.1) is 38.1 Å². The molecule has 206 valence electrons. The van der Waals surface area contributed by atoms with E-state index in [0.717, 1.165) is 17.0 Å². The lowest BCUT2D eigenvalue weighted by Gasteiger charge is -2.36. The molecule has 2 heterocycles. The molecule has 5 rings (SSSR count). The second-order valence-electron chi connectivity index (χ2n) is 9.28. The first kappa shape index (κ1) is 26.8. The number of anilines is 1. The fourth-order valence-electron chi connectivity index (χ4n) is 4.79. The Bertz CT molecular complexity index is 1510. The van der Waals surface area contributed by atoms with Crippen LogP contribution in [0.1, 0.15) is 10.4 Å². The Morgan fingerprint density at radius 3 is 2.23 bits per heavy atom. The number of rotatable bonds is 8. The molecule has 0 bridgehead atoms. The van der Waals surface area contributed by atoms with Gasteiger partial charge in [0.1, 0.15) is 5.75 Å². The Kier molecular flexibility index (Phi) is 8.00. The van der Waals surface area contributed by atoms with E-state index in [4.69, 9.17) is 23.9 Å². The maximum atomic E-state index is 13.3. The SMILES string of the molecule is COc1ccc(N2CCN(C(=O)COC(=O)c3cc(-c4ccc(OC)c(OC)c4)nc4ccccc34)CC2)cc1. The van der Waals surface area contributed by atoms with Crippen molar-refractivity contribution in [1.29, 1.82) is 0 Å². The zero-order chi connectivity index (χ0) is 28.1. The summed E-state index contributed by atoms with van der Waals surface area (Å²) in [5.74, 6) is 1.15. The molecule has 0 N–H and O–H groups in total. The predicted octanol–water partition coefficient (Wildman–Crippen LogP) is 4.43. The highest BCUT2D eigenvalue weighted by Crippen LogP contribution is 2.33. The normalized spacial score (nSPS) is 13.2. The summed E-state index contributed by atoms with van der Waals surface area (Å²) in [6.45, 7) is 2.14. The number of carbonyl (C=O) groups is 2. The lowest BCUT2D eigenvalue weighted by atomic mass is 10.0. The number of hydrogen-bond acceptors (Lipinski definition) is 8. The van der Waals surface area contributed by atoms with Gasteiger partial charge in [0.2, 0.25) is 0 Å². The van der Waals surface area contributed by atoms with E-state index in [9.17, 15) is 9.59 Å². The third kappa shape index (κ3) is 5.63. The second-order valence-corrected chi connectivity index (χ2v) is 9.28. The summed E-state index contributed by atoms with van der Waals surface area (Å²) < 4.78 is 21.5. The summed E-state index contributed by atoms with van der Waals surface area (Å²) in [6.07, 6.45) is 0. The number of hydrogen-bond donors (Lipinski definition) is 0. The lowest BCUT2D eigenvalue weighted by Crippen LogP contribution is -2.49. The Balaban J connectivity index is 1.27. The van der Waals surface area contributed by atoms with Crippen molar-refractivity contribution in [3.63, 3.8) is 0 Å². The average Bonchev–Trinajstić information content (AvgIpc) is 3.02. The highest BCUT2D eigenvalue weighted by molar-refractivity contribution is 6.05. The van der Waals surface area contributed by atoms with Crippen LogP contribution in [-0.4, -0.2) is 75.9 Å². The topological polar surface area (TPSA) is 90.4 Å². The number of nitrogens with zero attached hydrogens (tertiary/aromatic N) is 3. The average molecular weight is 542 g/mol. The van der Waals surface area contributed by atoms with E-state index in [1.165, 1.54) is 0 Å². The molecule has 1 fully saturated rings. The van der Waals surface area contributed by atoms with Crippen LogP contribution in [0.3, 0.4) is 0 Å². The van der Waals surface area contributed by atoms with Crippen LogP contribution in [0.2, 0.25) is 0 Å². The van der Waals surface area contributed by atoms with Crippen LogP contribution >= 0.6 is 0 Å². The van der Waals surface area contributed by atoms with Gasteiger partial charge >= 0.3 is 5.97 Å². The molecule has 4 aromatic rings. The van der Waals surface area contributed by atoms with Crippen molar-refractivity contribution in [2.24, 2.45) is 0 Å². The van der Waals surface area contributed by atoms with Crippen molar-refractivity contribution >= 4 is 28.5 Å². The first-order valence-corrected chi connectivity index (χ1v) is 13.0. The maximum absolute atomic E-state index is 13.3. The fourth-order valence-corrected chi connectivity index (χ4v) is 4.79. The highest BCUT2D eigenvalue weighted by atomic mass is 16.5. The number of esters is 1. The molecule has 0 atom stereocenters. The quantitative estimate of drug-likeness (QED) is 0.303. The van der Waals surface area contributed by atoms with Crippen molar-refractivity contribution in [2.45, 2.75) is 0 Å². The largest absolute Gasteiger partial charge is 0.497 e. The van der Waals surface area contributed by atoms with Gasteiger partial charge in [-0.2, -0.15) is 0 Å². The van der Waals surface area contributed by atoms with Gasteiger partial charge in [-0.25, -0.2) is 9.78 Å². The molecule has 3 aromatic carbocycles. The zero-order valence-electron chi connectivity index (χ0n) is 22.8. The first-order chi connectivity index (χ1) is 19.5. The van der Waals surface area contributed by atoms with Crippen molar-refractivity contribution in [3.05, 3.63) is 78.4 Å². The van der Waals surface area contributed by atoms with Gasteiger partial charge in [-0.3, -0.25) is 4.79 Å². The Labute approximate surface area is 232 Å². The van der Waals surface area contributed by atoms with E-state index in [0.29, 0.717) is 59.8 Å². The van der Waals surface area contributed by atoms with Crippen LogP contribution in [0.5, 0.6) is 17.2 Å². The van der Waals surface area contributed by atoms with Gasteiger partial charge < -0.3 is 28.7 Å². The summed E-state index contributed by atoms with van der Waals surface area (Å²) >= 11 is 0. The molecule has 9 nitrogen and oxygen atoms in total. The number of carbonyl (C=O) groups excluding carboxylic acids is 2. The van der Waals surface area contributed by atoms with Crippen LogP contribution < -0.4 is 19.1 Å². The highest BCUT2D eigenvalue weighted by Gasteiger charge is 2.23. The molecule has 0 unspecified atom stereocenters. The summed E-state index contributed by atoms with van der Waals surface area (Å²) in [6, 6.07) is 22.3. The standard InChI is InChI=1S/C31H31N3O6/c1-37-23-11-9-22(10-12-23)33-14-16-34(17-15-33)30(35)20-40-31(36)25-19-27(32-26-7-5-4-6-24(25)26)21-8-13-28(38-2)29(18-21)39-3/h4-13,18-19H,14-17,20H2,1-3H3. The third-order valence-corrected chi connectivity index (χ3v) is 7.01. The number of ether oxygens (including phenoxy) is 4. The lowest BCUT2D eigenvalue weighted by molar-refractivity contribution is -0.134. The molecule has 0 aliphatic carbocycles. The number of benzene rings is 3. The molecule has 1 amide bonds. The smallest absolute Gasteiger partial charge is 0.339 e. The number of para-hydroxylation sites is 1. The summed E-state index contributed by atoms with van der Waals surface area (Å²) in [4.78, 5) is 34.9. The number of amides is 1. The molecule has 0 radical (unpaired) electrons. The molecule has 1 saturated heterocycles. The molecule has 9 heteroatoms. The van der Waals surface area contributed by atoms with Crippen LogP contribution in [0.15, 0.2) is 72.8 Å². The predicted molar refractivity (Wildman–Crippen MR) is 152 cm³/mol. The number of methoxy groups -OCH3 is 3. The maximum Gasteiger partial charge on any atom is 0.339 e. The van der Waals surface area contributed by atoms with E-state index in [1.807, 2.05) is 54.6 Å². The number of pyridine rings is 1. The molecular weight excluding hydrogens is 510 g/mol. The van der Waals surface area contributed by atoms with Crippen LogP contribution in [0.4, 0.5) is 5.69 Å². The number of piperazine rings is 1. The van der Waals surface area contributed by atoms with Crippen molar-refractivity contribution < 1.29 is 28.5 Å². The van der Waals surface area contributed by atoms with Gasteiger partial charge in [-0.05, 0) is 54.6 Å². The van der Waals surface area contributed by atoms with Crippen molar-refractivity contribution in [2.75, 3.05) is 59.0 Å². The monoisotopic (exact) mass is 541 g/mol. The number of fused-ring (bicyclic) bond motifs is 1. The number of aromatic nitrogens is 1. The molecule has 40 heavy (non-hydrogen) atoms. The third-order valence-electron chi connectivity index (χ3n) is 7.01. The van der Waals surface area contributed by atoms with Gasteiger partial charge in [0.15, 0.2) is 18.1 Å². The van der Waals surface area contributed by atoms with Crippen LogP contribution in [0.25, 0.3) is 22.2 Å². The van der Waals surface area contributed by atoms with Gasteiger partial charge in [0.25, 0.3) is 5.91 Å². The minimum Gasteiger partial charge on any atom is -0.497 e. The van der Waals surface area contributed by atoms with Gasteiger partial charge in [-0.1, -0.05) is 18.2 Å². The van der Waals surface area contributed by atoms with Crippen LogP contribution in [-0.2, 0) is 9.53 Å². The molecule has 0 spiro atoms. The fraction of sp³-hybridized carbons (Fsp3) is 0.258. The Hall–Kier alpha value is -4.79. The van der Waals surface area contributed by atoms with E-state index in [2.05, 4.69) is 4.90 Å². The van der Waals surface area contributed by atoms with Crippen molar-refractivity contribution in [3.8, 4) is 28.5 Å². The van der Waals surface area contributed by atoms with Gasteiger partial charge in [-0.15, -0.1) is 0 Å². The van der Waals surface area contributed by atoms with Crippen LogP contribution in [0, 0.1) is 0 Å². The van der Waals surface area contributed by atoms with E-state index in [-0.39, 0.29) is 12.5 Å². The summed E-state index contributed by atoms with van der Waals surface area (Å²) in [5.41, 5.74) is 3.39. The first-order valence-electron chi connectivity index (χ1n) is 13.0. The minimum atomic E-state index is -0.578. The molecular formula is C31H31N3O6. The van der Waals surface area contributed by atoms with E-state index in [1.54, 1.807) is 44.4 Å². The summed E-state index contributed by atoms with van der Waals surface area (Å²) in [5, 5.41) is 0.650. The molecule has 1 aromatic heterocycles.